The predicted molar refractivity (Wildman–Crippen MR) is 138 cm³/mol. The molecule has 0 radical (unpaired) electrons. The van der Waals surface area contributed by atoms with Gasteiger partial charge in [0, 0.05) is 11.3 Å². The van der Waals surface area contributed by atoms with E-state index in [0.717, 1.165) is 5.56 Å². The van der Waals surface area contributed by atoms with Crippen molar-refractivity contribution in [1.82, 2.24) is 0 Å². The highest BCUT2D eigenvalue weighted by atomic mass is 16.5. The first kappa shape index (κ1) is 25.5. The topological polar surface area (TPSA) is 102 Å². The van der Waals surface area contributed by atoms with Gasteiger partial charge >= 0.3 is 5.97 Å². The quantitative estimate of drug-likeness (QED) is 0.214. The SMILES string of the molecule is CCOc1ccc(/C(O)=C2/C(=O)C(=O)N(c3ccc(C(=O)OC)cc3)C2c2cccc(OC)c2)cc1C. The smallest absolute Gasteiger partial charge is 0.337 e. The van der Waals surface area contributed by atoms with Gasteiger partial charge in [-0.1, -0.05) is 12.1 Å². The number of benzene rings is 3. The van der Waals surface area contributed by atoms with Gasteiger partial charge in [-0.15, -0.1) is 0 Å². The summed E-state index contributed by atoms with van der Waals surface area (Å²) in [5, 5.41) is 11.4. The largest absolute Gasteiger partial charge is 0.507 e. The Morgan fingerprint density at radius 2 is 1.68 bits per heavy atom. The van der Waals surface area contributed by atoms with E-state index in [1.807, 2.05) is 13.8 Å². The van der Waals surface area contributed by atoms with Crippen LogP contribution in [0.1, 0.15) is 40.0 Å². The molecule has 0 bridgehead atoms. The fourth-order valence-electron chi connectivity index (χ4n) is 4.37. The molecule has 4 rings (SSSR count). The molecule has 1 saturated heterocycles. The molecule has 8 heteroatoms. The number of ketones is 1. The molecule has 1 heterocycles. The van der Waals surface area contributed by atoms with Crippen molar-refractivity contribution < 1.29 is 33.7 Å². The minimum Gasteiger partial charge on any atom is -0.507 e. The molecule has 0 saturated carbocycles. The average Bonchev–Trinajstić information content (AvgIpc) is 3.19. The number of ether oxygens (including phenoxy) is 3. The van der Waals surface area contributed by atoms with E-state index < -0.39 is 23.7 Å². The highest BCUT2D eigenvalue weighted by Gasteiger charge is 2.47. The van der Waals surface area contributed by atoms with Crippen molar-refractivity contribution in [2.45, 2.75) is 19.9 Å². The van der Waals surface area contributed by atoms with Crippen LogP contribution in [0.4, 0.5) is 5.69 Å². The van der Waals surface area contributed by atoms with Crippen LogP contribution in [0.5, 0.6) is 11.5 Å². The number of methoxy groups -OCH3 is 2. The molecule has 1 N–H and O–H groups in total. The molecular formula is C29H27NO7. The van der Waals surface area contributed by atoms with Crippen molar-refractivity contribution in [3.05, 3.63) is 94.6 Å². The van der Waals surface area contributed by atoms with Crippen molar-refractivity contribution in [2.24, 2.45) is 0 Å². The molecule has 1 atom stereocenters. The number of aliphatic hydroxyl groups is 1. The average molecular weight is 502 g/mol. The van der Waals surface area contributed by atoms with Gasteiger partial charge < -0.3 is 19.3 Å². The molecule has 0 aromatic heterocycles. The summed E-state index contributed by atoms with van der Waals surface area (Å²) in [6.07, 6.45) is 0. The standard InChI is InChI=1S/C29H27NO7/c1-5-37-23-14-11-20(15-17(23)2)26(31)24-25(19-7-6-8-22(16-19)35-3)30(28(33)27(24)32)21-12-9-18(10-13-21)29(34)36-4/h6-16,25,31H,5H2,1-4H3/b26-24-. The Hall–Kier alpha value is -4.59. The summed E-state index contributed by atoms with van der Waals surface area (Å²) >= 11 is 0. The number of rotatable bonds is 7. The van der Waals surface area contributed by atoms with Crippen LogP contribution in [0.2, 0.25) is 0 Å². The third kappa shape index (κ3) is 4.78. The van der Waals surface area contributed by atoms with E-state index in [0.29, 0.717) is 40.5 Å². The number of carbonyl (C=O) groups excluding carboxylic acids is 3. The lowest BCUT2D eigenvalue weighted by molar-refractivity contribution is -0.132. The molecule has 0 aliphatic carbocycles. The molecule has 190 valence electrons. The van der Waals surface area contributed by atoms with Crippen LogP contribution in [-0.2, 0) is 14.3 Å². The van der Waals surface area contributed by atoms with Gasteiger partial charge in [0.15, 0.2) is 0 Å². The van der Waals surface area contributed by atoms with Gasteiger partial charge in [-0.25, -0.2) is 4.79 Å². The first-order valence-electron chi connectivity index (χ1n) is 11.7. The maximum Gasteiger partial charge on any atom is 0.337 e. The van der Waals surface area contributed by atoms with E-state index in [2.05, 4.69) is 0 Å². The molecule has 8 nitrogen and oxygen atoms in total. The maximum atomic E-state index is 13.4. The van der Waals surface area contributed by atoms with E-state index >= 15 is 0 Å². The Bertz CT molecular complexity index is 1390. The van der Waals surface area contributed by atoms with Crippen LogP contribution in [-0.4, -0.2) is 43.6 Å². The highest BCUT2D eigenvalue weighted by molar-refractivity contribution is 6.51. The lowest BCUT2D eigenvalue weighted by atomic mass is 9.94. The van der Waals surface area contributed by atoms with Gasteiger partial charge in [-0.05, 0) is 79.6 Å². The Morgan fingerprint density at radius 1 is 0.973 bits per heavy atom. The van der Waals surface area contributed by atoms with Gasteiger partial charge in [0.2, 0.25) is 0 Å². The van der Waals surface area contributed by atoms with Crippen LogP contribution in [0.25, 0.3) is 5.76 Å². The number of aryl methyl sites for hydroxylation is 1. The zero-order valence-corrected chi connectivity index (χ0v) is 21.0. The van der Waals surface area contributed by atoms with Gasteiger partial charge in [0.05, 0.1) is 38.0 Å². The number of Topliss-reactive ketones (excluding diaryl/α,β-unsaturated/α-hetero) is 1. The first-order chi connectivity index (χ1) is 17.8. The van der Waals surface area contributed by atoms with E-state index in [4.69, 9.17) is 14.2 Å². The molecule has 37 heavy (non-hydrogen) atoms. The minimum atomic E-state index is -0.939. The van der Waals surface area contributed by atoms with Gasteiger partial charge in [-0.3, -0.25) is 14.5 Å². The summed E-state index contributed by atoms with van der Waals surface area (Å²) in [6, 6.07) is 17.2. The third-order valence-corrected chi connectivity index (χ3v) is 6.17. The Labute approximate surface area is 214 Å². The lowest BCUT2D eigenvalue weighted by Gasteiger charge is -2.26. The monoisotopic (exact) mass is 501 g/mol. The summed E-state index contributed by atoms with van der Waals surface area (Å²) in [5.41, 5.74) is 2.35. The number of aliphatic hydroxyl groups excluding tert-OH is 1. The van der Waals surface area contributed by atoms with Gasteiger partial charge in [-0.2, -0.15) is 0 Å². The molecule has 1 amide bonds. The second-order valence-corrected chi connectivity index (χ2v) is 8.40. The van der Waals surface area contributed by atoms with Crippen molar-refractivity contribution in [3.63, 3.8) is 0 Å². The number of hydrogen-bond acceptors (Lipinski definition) is 7. The van der Waals surface area contributed by atoms with Crippen LogP contribution in [0, 0.1) is 6.92 Å². The molecule has 1 aliphatic rings. The number of nitrogens with zero attached hydrogens (tertiary/aromatic N) is 1. The second-order valence-electron chi connectivity index (χ2n) is 8.40. The molecule has 1 unspecified atom stereocenters. The van der Waals surface area contributed by atoms with E-state index in [1.54, 1.807) is 54.6 Å². The van der Waals surface area contributed by atoms with Crippen LogP contribution < -0.4 is 14.4 Å². The molecule has 0 spiro atoms. The first-order valence-corrected chi connectivity index (χ1v) is 11.7. The zero-order valence-electron chi connectivity index (χ0n) is 21.0. The predicted octanol–water partition coefficient (Wildman–Crippen LogP) is 4.82. The Morgan fingerprint density at radius 3 is 2.30 bits per heavy atom. The van der Waals surface area contributed by atoms with Crippen LogP contribution in [0.15, 0.2) is 72.3 Å². The number of hydrogen-bond donors (Lipinski definition) is 1. The molecule has 1 fully saturated rings. The van der Waals surface area contributed by atoms with Crippen LogP contribution in [0.3, 0.4) is 0 Å². The van der Waals surface area contributed by atoms with E-state index in [9.17, 15) is 19.5 Å². The Balaban J connectivity index is 1.89. The number of amides is 1. The summed E-state index contributed by atoms with van der Waals surface area (Å²) in [6.45, 7) is 4.20. The van der Waals surface area contributed by atoms with Crippen molar-refractivity contribution in [2.75, 3.05) is 25.7 Å². The van der Waals surface area contributed by atoms with E-state index in [-0.39, 0.29) is 11.3 Å². The minimum absolute atomic E-state index is 0.0566. The summed E-state index contributed by atoms with van der Waals surface area (Å²) in [7, 11) is 2.80. The van der Waals surface area contributed by atoms with E-state index in [1.165, 1.54) is 31.3 Å². The van der Waals surface area contributed by atoms with Gasteiger partial charge in [0.1, 0.15) is 17.3 Å². The molecule has 3 aromatic rings. The normalized spacial score (nSPS) is 16.5. The van der Waals surface area contributed by atoms with Crippen LogP contribution >= 0.6 is 0 Å². The Kier molecular flexibility index (Phi) is 7.29. The van der Waals surface area contributed by atoms with Crippen molar-refractivity contribution in [3.8, 4) is 11.5 Å². The molecule has 3 aromatic carbocycles. The lowest BCUT2D eigenvalue weighted by Crippen LogP contribution is -2.29. The summed E-state index contributed by atoms with van der Waals surface area (Å²) in [5.74, 6) is -1.26. The van der Waals surface area contributed by atoms with Gasteiger partial charge in [0.25, 0.3) is 11.7 Å². The zero-order chi connectivity index (χ0) is 26.7. The fraction of sp³-hybridized carbons (Fsp3) is 0.207. The second kappa shape index (κ2) is 10.6. The fourth-order valence-corrected chi connectivity index (χ4v) is 4.37. The van der Waals surface area contributed by atoms with Crippen molar-refractivity contribution >= 4 is 29.1 Å². The number of carbonyl (C=O) groups is 3. The molecular weight excluding hydrogens is 474 g/mol. The maximum absolute atomic E-state index is 13.4. The third-order valence-electron chi connectivity index (χ3n) is 6.17. The highest BCUT2D eigenvalue weighted by Crippen LogP contribution is 2.43. The number of anilines is 1. The summed E-state index contributed by atoms with van der Waals surface area (Å²) < 4.78 is 15.7. The number of esters is 1. The molecule has 1 aliphatic heterocycles. The summed E-state index contributed by atoms with van der Waals surface area (Å²) in [4.78, 5) is 39.9. The van der Waals surface area contributed by atoms with Crippen molar-refractivity contribution in [1.29, 1.82) is 0 Å².